The van der Waals surface area contributed by atoms with E-state index in [2.05, 4.69) is 53.8 Å². The Hall–Kier alpha value is -2.88. The van der Waals surface area contributed by atoms with Gasteiger partial charge in [0.05, 0.1) is 6.20 Å². The summed E-state index contributed by atoms with van der Waals surface area (Å²) in [5.74, 6) is 0.207. The number of benzene rings is 2. The van der Waals surface area contributed by atoms with Gasteiger partial charge < -0.3 is 9.84 Å². The zero-order chi connectivity index (χ0) is 16.1. The second-order valence-corrected chi connectivity index (χ2v) is 5.48. The highest BCUT2D eigenvalue weighted by Crippen LogP contribution is 2.22. The molecule has 0 aliphatic carbocycles. The molecule has 1 heterocycles. The average molecular weight is 306 g/mol. The quantitative estimate of drug-likeness (QED) is 0.778. The third-order valence-corrected chi connectivity index (χ3v) is 3.82. The first-order valence-corrected chi connectivity index (χ1v) is 7.58. The summed E-state index contributed by atoms with van der Waals surface area (Å²) in [4.78, 5) is 11.8. The SMILES string of the molecule is CC(CNC(=O)c1ccno1)c1ccc(-c2ccccc2)cc1. The molecule has 4 heteroatoms. The molecule has 1 unspecified atom stereocenters. The van der Waals surface area contributed by atoms with E-state index in [4.69, 9.17) is 4.52 Å². The number of nitrogens with zero attached hydrogens (tertiary/aromatic N) is 1. The first-order chi connectivity index (χ1) is 11.2. The third-order valence-electron chi connectivity index (χ3n) is 3.82. The smallest absolute Gasteiger partial charge is 0.289 e. The average Bonchev–Trinajstić information content (AvgIpc) is 3.15. The zero-order valence-electron chi connectivity index (χ0n) is 12.9. The molecule has 0 saturated heterocycles. The highest BCUT2D eigenvalue weighted by molar-refractivity contribution is 5.91. The van der Waals surface area contributed by atoms with Gasteiger partial charge in [-0.3, -0.25) is 4.79 Å². The number of carbonyl (C=O) groups excluding carboxylic acids is 1. The van der Waals surface area contributed by atoms with Gasteiger partial charge >= 0.3 is 0 Å². The molecule has 1 N–H and O–H groups in total. The van der Waals surface area contributed by atoms with Crippen molar-refractivity contribution < 1.29 is 9.32 Å². The van der Waals surface area contributed by atoms with Gasteiger partial charge in [-0.25, -0.2) is 0 Å². The van der Waals surface area contributed by atoms with E-state index < -0.39 is 0 Å². The van der Waals surface area contributed by atoms with Crippen molar-refractivity contribution in [3.8, 4) is 11.1 Å². The van der Waals surface area contributed by atoms with E-state index in [0.29, 0.717) is 6.54 Å². The summed E-state index contributed by atoms with van der Waals surface area (Å²) in [6.07, 6.45) is 1.46. The predicted molar refractivity (Wildman–Crippen MR) is 89.1 cm³/mol. The van der Waals surface area contributed by atoms with E-state index in [-0.39, 0.29) is 17.6 Å². The van der Waals surface area contributed by atoms with Crippen LogP contribution >= 0.6 is 0 Å². The fraction of sp³-hybridized carbons (Fsp3) is 0.158. The summed E-state index contributed by atoms with van der Waals surface area (Å²) < 4.78 is 4.84. The Morgan fingerprint density at radius 2 is 1.74 bits per heavy atom. The van der Waals surface area contributed by atoms with Gasteiger partial charge in [-0.05, 0) is 22.6 Å². The summed E-state index contributed by atoms with van der Waals surface area (Å²) >= 11 is 0. The summed E-state index contributed by atoms with van der Waals surface area (Å²) in [6, 6.07) is 20.2. The van der Waals surface area contributed by atoms with E-state index in [1.54, 1.807) is 6.07 Å². The normalized spacial score (nSPS) is 11.9. The molecule has 23 heavy (non-hydrogen) atoms. The van der Waals surface area contributed by atoms with Crippen molar-refractivity contribution in [3.05, 3.63) is 78.2 Å². The molecule has 0 radical (unpaired) electrons. The second kappa shape index (κ2) is 6.92. The maximum Gasteiger partial charge on any atom is 0.289 e. The van der Waals surface area contributed by atoms with Gasteiger partial charge in [0, 0.05) is 12.6 Å². The predicted octanol–water partition coefficient (Wildman–Crippen LogP) is 3.88. The van der Waals surface area contributed by atoms with E-state index in [9.17, 15) is 4.79 Å². The third kappa shape index (κ3) is 3.66. The summed E-state index contributed by atoms with van der Waals surface area (Å²) in [5, 5.41) is 6.39. The van der Waals surface area contributed by atoms with Crippen molar-refractivity contribution in [3.63, 3.8) is 0 Å². The van der Waals surface area contributed by atoms with Gasteiger partial charge in [0.1, 0.15) is 0 Å². The highest BCUT2D eigenvalue weighted by Gasteiger charge is 2.12. The minimum Gasteiger partial charge on any atom is -0.351 e. The Bertz CT molecular complexity index is 750. The summed E-state index contributed by atoms with van der Waals surface area (Å²) in [5.41, 5.74) is 3.57. The van der Waals surface area contributed by atoms with Gasteiger partial charge in [-0.1, -0.05) is 66.7 Å². The molecule has 4 nitrogen and oxygen atoms in total. The van der Waals surface area contributed by atoms with Crippen LogP contribution < -0.4 is 5.32 Å². The molecule has 1 amide bonds. The number of carbonyl (C=O) groups is 1. The lowest BCUT2D eigenvalue weighted by molar-refractivity contribution is 0.0915. The fourth-order valence-electron chi connectivity index (χ4n) is 2.42. The van der Waals surface area contributed by atoms with Crippen molar-refractivity contribution in [2.24, 2.45) is 0 Å². The van der Waals surface area contributed by atoms with Gasteiger partial charge in [-0.2, -0.15) is 0 Å². The van der Waals surface area contributed by atoms with Crippen LogP contribution in [0.5, 0.6) is 0 Å². The number of aromatic nitrogens is 1. The number of hydrogen-bond donors (Lipinski definition) is 1. The van der Waals surface area contributed by atoms with Gasteiger partial charge in [-0.15, -0.1) is 0 Å². The maximum absolute atomic E-state index is 11.8. The van der Waals surface area contributed by atoms with Crippen molar-refractivity contribution in [1.82, 2.24) is 10.5 Å². The van der Waals surface area contributed by atoms with Gasteiger partial charge in [0.25, 0.3) is 5.91 Å². The molecule has 0 fully saturated rings. The largest absolute Gasteiger partial charge is 0.351 e. The van der Waals surface area contributed by atoms with Crippen molar-refractivity contribution in [2.45, 2.75) is 12.8 Å². The van der Waals surface area contributed by atoms with Crippen LogP contribution in [-0.4, -0.2) is 17.6 Å². The molecule has 1 atom stereocenters. The van der Waals surface area contributed by atoms with Gasteiger partial charge in [0.15, 0.2) is 0 Å². The van der Waals surface area contributed by atoms with Crippen LogP contribution in [0.3, 0.4) is 0 Å². The molecule has 116 valence electrons. The molecule has 2 aromatic carbocycles. The molecular formula is C19H18N2O2. The van der Waals surface area contributed by atoms with E-state index in [1.165, 1.54) is 22.9 Å². The van der Waals surface area contributed by atoms with Crippen LogP contribution in [0.1, 0.15) is 29.0 Å². The molecule has 1 aromatic heterocycles. The lowest BCUT2D eigenvalue weighted by atomic mass is 9.97. The molecule has 0 aliphatic rings. The lowest BCUT2D eigenvalue weighted by Gasteiger charge is -2.13. The van der Waals surface area contributed by atoms with Crippen molar-refractivity contribution in [2.75, 3.05) is 6.54 Å². The summed E-state index contributed by atoms with van der Waals surface area (Å²) in [6.45, 7) is 2.63. The highest BCUT2D eigenvalue weighted by atomic mass is 16.5. The zero-order valence-corrected chi connectivity index (χ0v) is 12.9. The second-order valence-electron chi connectivity index (χ2n) is 5.48. The van der Waals surface area contributed by atoms with Crippen LogP contribution in [0.2, 0.25) is 0 Å². The first-order valence-electron chi connectivity index (χ1n) is 7.58. The molecular weight excluding hydrogens is 288 g/mol. The van der Waals surface area contributed by atoms with Gasteiger partial charge in [0.2, 0.25) is 5.76 Å². The van der Waals surface area contributed by atoms with E-state index in [1.807, 2.05) is 18.2 Å². The topological polar surface area (TPSA) is 55.1 Å². The monoisotopic (exact) mass is 306 g/mol. The molecule has 3 aromatic rings. The Morgan fingerprint density at radius 1 is 1.04 bits per heavy atom. The minimum atomic E-state index is -0.241. The molecule has 0 bridgehead atoms. The number of amides is 1. The maximum atomic E-state index is 11.8. The van der Waals surface area contributed by atoms with E-state index >= 15 is 0 Å². The standard InChI is InChI=1S/C19H18N2O2/c1-14(13-20-19(22)18-11-12-21-23-18)15-7-9-17(10-8-15)16-5-3-2-4-6-16/h2-12,14H,13H2,1H3,(H,20,22). The minimum absolute atomic E-state index is 0.215. The van der Waals surface area contributed by atoms with E-state index in [0.717, 1.165) is 0 Å². The summed E-state index contributed by atoms with van der Waals surface area (Å²) in [7, 11) is 0. The molecule has 0 aliphatic heterocycles. The molecule has 0 spiro atoms. The van der Waals surface area contributed by atoms with Crippen molar-refractivity contribution >= 4 is 5.91 Å². The Morgan fingerprint density at radius 3 is 2.39 bits per heavy atom. The number of nitrogens with one attached hydrogen (secondary N) is 1. The lowest BCUT2D eigenvalue weighted by Crippen LogP contribution is -2.27. The van der Waals surface area contributed by atoms with Crippen LogP contribution in [-0.2, 0) is 0 Å². The number of hydrogen-bond acceptors (Lipinski definition) is 3. The molecule has 0 saturated carbocycles. The van der Waals surface area contributed by atoms with Crippen LogP contribution in [0.4, 0.5) is 0 Å². The van der Waals surface area contributed by atoms with Crippen molar-refractivity contribution in [1.29, 1.82) is 0 Å². The Labute approximate surface area is 135 Å². The first kappa shape index (κ1) is 15.0. The Balaban J connectivity index is 1.62. The van der Waals surface area contributed by atoms with Crippen LogP contribution in [0, 0.1) is 0 Å². The van der Waals surface area contributed by atoms with Crippen LogP contribution in [0.25, 0.3) is 11.1 Å². The number of rotatable bonds is 5. The van der Waals surface area contributed by atoms with Crippen LogP contribution in [0.15, 0.2) is 71.4 Å². The Kier molecular flexibility index (Phi) is 4.52. The molecule has 3 rings (SSSR count). The fourth-order valence-corrected chi connectivity index (χ4v) is 2.42.